The summed E-state index contributed by atoms with van der Waals surface area (Å²) in [5, 5.41) is 4.30. The number of anilines is 1. The largest absolute Gasteiger partial charge is 0.326 e. The number of hydrogen-bond donors (Lipinski definition) is 1. The highest BCUT2D eigenvalue weighted by atomic mass is 32.1. The van der Waals surface area contributed by atoms with Crippen molar-refractivity contribution in [3.05, 3.63) is 34.9 Å². The predicted molar refractivity (Wildman–Crippen MR) is 61.8 cm³/mol. The Balaban J connectivity index is 2.34. The molecule has 0 saturated heterocycles. The number of rotatable bonds is 2. The molecule has 2 rings (SSSR count). The van der Waals surface area contributed by atoms with Gasteiger partial charge < -0.3 is 5.32 Å². The summed E-state index contributed by atoms with van der Waals surface area (Å²) in [6.07, 6.45) is 0. The van der Waals surface area contributed by atoms with Crippen LogP contribution in [0.15, 0.2) is 29.1 Å². The first-order chi connectivity index (χ1) is 7.66. The van der Waals surface area contributed by atoms with Gasteiger partial charge in [0.15, 0.2) is 0 Å². The quantitative estimate of drug-likeness (QED) is 0.871. The first-order valence-corrected chi connectivity index (χ1v) is 5.57. The number of nitrogens with one attached hydrogen (secondary N) is 1. The molecule has 0 unspecified atom stereocenters. The van der Waals surface area contributed by atoms with Crippen molar-refractivity contribution in [1.82, 2.24) is 4.98 Å². The third kappa shape index (κ3) is 2.25. The molecule has 0 saturated carbocycles. The van der Waals surface area contributed by atoms with Gasteiger partial charge in [0.1, 0.15) is 5.82 Å². The summed E-state index contributed by atoms with van der Waals surface area (Å²) in [5.41, 5.74) is 3.15. The molecule has 0 aliphatic rings. The van der Waals surface area contributed by atoms with Crippen LogP contribution in [-0.4, -0.2) is 10.9 Å². The van der Waals surface area contributed by atoms with E-state index in [-0.39, 0.29) is 5.91 Å². The Morgan fingerprint density at radius 1 is 1.50 bits per heavy atom. The van der Waals surface area contributed by atoms with E-state index >= 15 is 0 Å². The normalized spacial score (nSPS) is 10.1. The second-order valence-electron chi connectivity index (χ2n) is 3.25. The lowest BCUT2D eigenvalue weighted by Gasteiger charge is -2.04. The Kier molecular flexibility index (Phi) is 2.96. The molecular formula is C11H9FN2OS. The van der Waals surface area contributed by atoms with Crippen LogP contribution in [0, 0.1) is 5.82 Å². The standard InChI is InChI=1S/C11H9FN2OS/c1-7(15)14-8-2-3-9(10(12)4-8)11-5-16-6-13-11/h2-6H,1H3,(H,14,15). The van der Waals surface area contributed by atoms with Gasteiger partial charge >= 0.3 is 0 Å². The Hall–Kier alpha value is -1.75. The molecular weight excluding hydrogens is 227 g/mol. The highest BCUT2D eigenvalue weighted by molar-refractivity contribution is 7.07. The maximum absolute atomic E-state index is 13.7. The van der Waals surface area contributed by atoms with Gasteiger partial charge in [-0.05, 0) is 18.2 Å². The first-order valence-electron chi connectivity index (χ1n) is 4.62. The molecule has 1 aromatic carbocycles. The van der Waals surface area contributed by atoms with Crippen molar-refractivity contribution < 1.29 is 9.18 Å². The number of hydrogen-bond acceptors (Lipinski definition) is 3. The minimum absolute atomic E-state index is 0.221. The number of thiazole rings is 1. The molecule has 2 aromatic rings. The first kappa shape index (κ1) is 10.8. The van der Waals surface area contributed by atoms with Crippen molar-refractivity contribution in [3.63, 3.8) is 0 Å². The molecule has 16 heavy (non-hydrogen) atoms. The molecule has 0 fully saturated rings. The number of carbonyl (C=O) groups excluding carboxylic acids is 1. The second kappa shape index (κ2) is 4.40. The molecule has 1 heterocycles. The highest BCUT2D eigenvalue weighted by Gasteiger charge is 2.08. The number of nitrogens with zero attached hydrogens (tertiary/aromatic N) is 1. The van der Waals surface area contributed by atoms with Gasteiger partial charge in [-0.15, -0.1) is 11.3 Å². The average Bonchev–Trinajstić information content (AvgIpc) is 2.69. The summed E-state index contributed by atoms with van der Waals surface area (Å²) in [6, 6.07) is 4.55. The van der Waals surface area contributed by atoms with Gasteiger partial charge in [-0.2, -0.15) is 0 Å². The van der Waals surface area contributed by atoms with E-state index in [1.807, 2.05) is 0 Å². The fourth-order valence-corrected chi connectivity index (χ4v) is 1.90. The fourth-order valence-electron chi connectivity index (χ4n) is 1.35. The summed E-state index contributed by atoms with van der Waals surface area (Å²) >= 11 is 1.41. The lowest BCUT2D eigenvalue weighted by Crippen LogP contribution is -2.05. The van der Waals surface area contributed by atoms with Crippen LogP contribution in [0.5, 0.6) is 0 Å². The molecule has 1 amide bonds. The molecule has 1 N–H and O–H groups in total. The van der Waals surface area contributed by atoms with Gasteiger partial charge in [0.2, 0.25) is 5.91 Å². The summed E-state index contributed by atoms with van der Waals surface area (Å²) < 4.78 is 13.7. The molecule has 0 aliphatic carbocycles. The maximum atomic E-state index is 13.7. The van der Waals surface area contributed by atoms with E-state index in [4.69, 9.17) is 0 Å². The minimum atomic E-state index is -0.392. The van der Waals surface area contributed by atoms with Crippen LogP contribution in [-0.2, 0) is 4.79 Å². The van der Waals surface area contributed by atoms with Crippen LogP contribution in [0.1, 0.15) is 6.92 Å². The van der Waals surface area contributed by atoms with E-state index in [2.05, 4.69) is 10.3 Å². The van der Waals surface area contributed by atoms with Crippen LogP contribution in [0.3, 0.4) is 0 Å². The topological polar surface area (TPSA) is 42.0 Å². The SMILES string of the molecule is CC(=O)Nc1ccc(-c2cscn2)c(F)c1. The molecule has 0 radical (unpaired) electrons. The van der Waals surface area contributed by atoms with Crippen molar-refractivity contribution in [2.75, 3.05) is 5.32 Å². The Bertz CT molecular complexity index is 511. The second-order valence-corrected chi connectivity index (χ2v) is 3.97. The lowest BCUT2D eigenvalue weighted by atomic mass is 10.1. The number of aromatic nitrogens is 1. The zero-order valence-electron chi connectivity index (χ0n) is 8.53. The minimum Gasteiger partial charge on any atom is -0.326 e. The summed E-state index contributed by atoms with van der Waals surface area (Å²) in [7, 11) is 0. The zero-order valence-corrected chi connectivity index (χ0v) is 9.34. The molecule has 82 valence electrons. The number of halogens is 1. The summed E-state index contributed by atoms with van der Waals surface area (Å²) in [4.78, 5) is 14.8. The van der Waals surface area contributed by atoms with Crippen LogP contribution >= 0.6 is 11.3 Å². The van der Waals surface area contributed by atoms with E-state index in [9.17, 15) is 9.18 Å². The maximum Gasteiger partial charge on any atom is 0.221 e. The summed E-state index contributed by atoms with van der Waals surface area (Å²) in [5.74, 6) is -0.613. The van der Waals surface area contributed by atoms with Crippen LogP contribution < -0.4 is 5.32 Å². The van der Waals surface area contributed by atoms with E-state index in [0.29, 0.717) is 16.9 Å². The van der Waals surface area contributed by atoms with Gasteiger partial charge in [0, 0.05) is 23.6 Å². The zero-order chi connectivity index (χ0) is 11.5. The molecule has 3 nitrogen and oxygen atoms in total. The van der Waals surface area contributed by atoms with Gasteiger partial charge in [0.05, 0.1) is 11.2 Å². The fraction of sp³-hybridized carbons (Fsp3) is 0.0909. The van der Waals surface area contributed by atoms with Crippen molar-refractivity contribution in [2.24, 2.45) is 0 Å². The lowest BCUT2D eigenvalue weighted by molar-refractivity contribution is -0.114. The van der Waals surface area contributed by atoms with Crippen molar-refractivity contribution in [2.45, 2.75) is 6.92 Å². The molecule has 1 aromatic heterocycles. The van der Waals surface area contributed by atoms with E-state index < -0.39 is 5.82 Å². The molecule has 0 aliphatic heterocycles. The van der Waals surface area contributed by atoms with E-state index in [0.717, 1.165) is 0 Å². The third-order valence-corrected chi connectivity index (χ3v) is 2.58. The Morgan fingerprint density at radius 3 is 2.88 bits per heavy atom. The van der Waals surface area contributed by atoms with Gasteiger partial charge in [-0.25, -0.2) is 9.37 Å². The number of carbonyl (C=O) groups is 1. The van der Waals surface area contributed by atoms with Gasteiger partial charge in [0.25, 0.3) is 0 Å². The Morgan fingerprint density at radius 2 is 2.31 bits per heavy atom. The monoisotopic (exact) mass is 236 g/mol. The third-order valence-electron chi connectivity index (χ3n) is 2.00. The number of amides is 1. The summed E-state index contributed by atoms with van der Waals surface area (Å²) in [6.45, 7) is 1.38. The van der Waals surface area contributed by atoms with Crippen LogP contribution in [0.25, 0.3) is 11.3 Å². The molecule has 0 atom stereocenters. The molecule has 5 heteroatoms. The van der Waals surface area contributed by atoms with Crippen LogP contribution in [0.4, 0.5) is 10.1 Å². The van der Waals surface area contributed by atoms with Gasteiger partial charge in [-0.1, -0.05) is 0 Å². The highest BCUT2D eigenvalue weighted by Crippen LogP contribution is 2.24. The van der Waals surface area contributed by atoms with Gasteiger partial charge in [-0.3, -0.25) is 4.79 Å². The van der Waals surface area contributed by atoms with Crippen LogP contribution in [0.2, 0.25) is 0 Å². The van der Waals surface area contributed by atoms with E-state index in [1.54, 1.807) is 23.0 Å². The van der Waals surface area contributed by atoms with Crippen molar-refractivity contribution in [3.8, 4) is 11.3 Å². The molecule has 0 bridgehead atoms. The van der Waals surface area contributed by atoms with Crippen molar-refractivity contribution >= 4 is 22.9 Å². The van der Waals surface area contributed by atoms with Crippen molar-refractivity contribution in [1.29, 1.82) is 0 Å². The van der Waals surface area contributed by atoms with E-state index in [1.165, 1.54) is 24.3 Å². The average molecular weight is 236 g/mol. The molecule has 0 spiro atoms. The number of benzene rings is 1. The smallest absolute Gasteiger partial charge is 0.221 e. The Labute approximate surface area is 96.0 Å². The predicted octanol–water partition coefficient (Wildman–Crippen LogP) is 2.91.